The summed E-state index contributed by atoms with van der Waals surface area (Å²) in [5.41, 5.74) is 10.2. The highest BCUT2D eigenvalue weighted by atomic mass is 35.5. The number of aryl methyl sites for hydroxylation is 2. The van der Waals surface area contributed by atoms with Gasteiger partial charge in [-0.1, -0.05) is 29.8 Å². The number of nitrogen functional groups attached to an aromatic ring is 1. The lowest BCUT2D eigenvalue weighted by molar-refractivity contribution is 0.787. The molecule has 0 aliphatic heterocycles. The summed E-state index contributed by atoms with van der Waals surface area (Å²) in [5, 5.41) is 12.4. The van der Waals surface area contributed by atoms with Crippen molar-refractivity contribution < 1.29 is 0 Å². The van der Waals surface area contributed by atoms with Gasteiger partial charge in [-0.05, 0) is 53.6 Å². The third-order valence-electron chi connectivity index (χ3n) is 3.33. The molecule has 0 aliphatic carbocycles. The van der Waals surface area contributed by atoms with Crippen LogP contribution < -0.4 is 5.73 Å². The average Bonchev–Trinajstić information content (AvgIpc) is 2.93. The first-order valence-electron chi connectivity index (χ1n) is 6.48. The van der Waals surface area contributed by atoms with Crippen LogP contribution in [0.1, 0.15) is 11.1 Å². The second-order valence-corrected chi connectivity index (χ2v) is 5.29. The van der Waals surface area contributed by atoms with Crippen LogP contribution in [-0.2, 0) is 0 Å². The van der Waals surface area contributed by atoms with Gasteiger partial charge in [0.05, 0.1) is 16.4 Å². The summed E-state index contributed by atoms with van der Waals surface area (Å²) in [4.78, 5) is 0. The Morgan fingerprint density at radius 3 is 2.76 bits per heavy atom. The lowest BCUT2D eigenvalue weighted by atomic mass is 10.1. The highest BCUT2D eigenvalue weighted by Crippen LogP contribution is 2.32. The van der Waals surface area contributed by atoms with E-state index in [1.54, 1.807) is 10.7 Å². The van der Waals surface area contributed by atoms with Gasteiger partial charge >= 0.3 is 0 Å². The predicted molar refractivity (Wildman–Crippen MR) is 83.5 cm³/mol. The number of hydrogen-bond acceptors (Lipinski definition) is 4. The molecule has 3 rings (SSSR count). The van der Waals surface area contributed by atoms with Crippen LogP contribution in [0.25, 0.3) is 17.1 Å². The molecule has 3 aromatic rings. The minimum absolute atomic E-state index is 0.457. The van der Waals surface area contributed by atoms with Crippen molar-refractivity contribution in [3.05, 3.63) is 52.5 Å². The third-order valence-corrected chi connectivity index (χ3v) is 3.75. The third kappa shape index (κ3) is 2.36. The van der Waals surface area contributed by atoms with Crippen LogP contribution in [0.15, 0.2) is 36.4 Å². The summed E-state index contributed by atoms with van der Waals surface area (Å²) >= 11 is 6.28. The lowest BCUT2D eigenvalue weighted by Crippen LogP contribution is -2.03. The molecule has 106 valence electrons. The molecule has 0 saturated carbocycles. The quantitative estimate of drug-likeness (QED) is 0.738. The van der Waals surface area contributed by atoms with Gasteiger partial charge in [0.1, 0.15) is 0 Å². The molecule has 6 heteroatoms. The summed E-state index contributed by atoms with van der Waals surface area (Å²) in [6.07, 6.45) is 0. The summed E-state index contributed by atoms with van der Waals surface area (Å²) in [7, 11) is 0. The number of nitrogens with two attached hydrogens (primary N) is 1. The molecular formula is C15H14ClN5. The minimum atomic E-state index is 0.457. The number of benzene rings is 2. The molecule has 0 fully saturated rings. The summed E-state index contributed by atoms with van der Waals surface area (Å²) in [5.74, 6) is 0.570. The van der Waals surface area contributed by atoms with E-state index in [0.29, 0.717) is 22.1 Å². The van der Waals surface area contributed by atoms with Crippen molar-refractivity contribution >= 4 is 17.3 Å². The van der Waals surface area contributed by atoms with E-state index < -0.39 is 0 Å². The molecule has 1 aromatic heterocycles. The fourth-order valence-electron chi connectivity index (χ4n) is 2.19. The van der Waals surface area contributed by atoms with Crippen molar-refractivity contribution in [2.45, 2.75) is 13.8 Å². The van der Waals surface area contributed by atoms with E-state index in [1.165, 1.54) is 0 Å². The van der Waals surface area contributed by atoms with E-state index in [-0.39, 0.29) is 0 Å². The molecule has 0 saturated heterocycles. The Morgan fingerprint density at radius 1 is 1.14 bits per heavy atom. The predicted octanol–water partition coefficient (Wildman–Crippen LogP) is 3.18. The zero-order valence-electron chi connectivity index (χ0n) is 11.7. The zero-order valence-corrected chi connectivity index (χ0v) is 12.5. The number of rotatable bonds is 2. The second-order valence-electron chi connectivity index (χ2n) is 4.91. The van der Waals surface area contributed by atoms with Crippen LogP contribution in [0.5, 0.6) is 0 Å². The van der Waals surface area contributed by atoms with Gasteiger partial charge in [0.25, 0.3) is 0 Å². The van der Waals surface area contributed by atoms with Crippen molar-refractivity contribution in [1.82, 2.24) is 20.2 Å². The first-order chi connectivity index (χ1) is 10.1. The molecule has 2 N–H and O–H groups in total. The molecule has 0 spiro atoms. The van der Waals surface area contributed by atoms with Gasteiger partial charge in [-0.2, -0.15) is 4.68 Å². The maximum atomic E-state index is 6.28. The minimum Gasteiger partial charge on any atom is -0.398 e. The molecule has 0 bridgehead atoms. The Balaban J connectivity index is 2.22. The Bertz CT molecular complexity index is 793. The van der Waals surface area contributed by atoms with Gasteiger partial charge in [-0.15, -0.1) is 5.10 Å². The molecule has 1 heterocycles. The van der Waals surface area contributed by atoms with Crippen molar-refractivity contribution in [3.63, 3.8) is 0 Å². The molecule has 21 heavy (non-hydrogen) atoms. The normalized spacial score (nSPS) is 10.8. The maximum absolute atomic E-state index is 6.28. The van der Waals surface area contributed by atoms with Gasteiger partial charge in [0.15, 0.2) is 5.82 Å². The molecule has 2 aromatic carbocycles. The number of hydrogen-bond donors (Lipinski definition) is 1. The highest BCUT2D eigenvalue weighted by Gasteiger charge is 2.16. The van der Waals surface area contributed by atoms with Crippen LogP contribution in [0.4, 0.5) is 5.69 Å². The zero-order chi connectivity index (χ0) is 15.0. The monoisotopic (exact) mass is 299 g/mol. The summed E-state index contributed by atoms with van der Waals surface area (Å²) in [6.45, 7) is 4.04. The molecule has 5 nitrogen and oxygen atoms in total. The Morgan fingerprint density at radius 2 is 1.95 bits per heavy atom. The van der Waals surface area contributed by atoms with E-state index in [1.807, 2.05) is 38.1 Å². The van der Waals surface area contributed by atoms with Gasteiger partial charge in [0, 0.05) is 5.56 Å². The second kappa shape index (κ2) is 5.18. The fraction of sp³-hybridized carbons (Fsp3) is 0.133. The number of nitrogens with zero attached hydrogens (tertiary/aromatic N) is 4. The van der Waals surface area contributed by atoms with Gasteiger partial charge in [0.2, 0.25) is 0 Å². The largest absolute Gasteiger partial charge is 0.398 e. The summed E-state index contributed by atoms with van der Waals surface area (Å²) in [6, 6.07) is 11.6. The number of anilines is 1. The van der Waals surface area contributed by atoms with Crippen LogP contribution >= 0.6 is 11.6 Å². The van der Waals surface area contributed by atoms with Crippen molar-refractivity contribution in [1.29, 1.82) is 0 Å². The van der Waals surface area contributed by atoms with E-state index in [2.05, 4.69) is 21.6 Å². The standard InChI is InChI=1S/C15H14ClN5/c1-9-6-7-10(2)13(8-9)21-15(18-19-20-21)11-4-3-5-12(17)14(11)16/h3-8H,17H2,1-2H3. The van der Waals surface area contributed by atoms with E-state index in [4.69, 9.17) is 17.3 Å². The average molecular weight is 300 g/mol. The van der Waals surface area contributed by atoms with Crippen LogP contribution in [0, 0.1) is 13.8 Å². The van der Waals surface area contributed by atoms with Crippen LogP contribution in [0.2, 0.25) is 5.02 Å². The first-order valence-corrected chi connectivity index (χ1v) is 6.86. The lowest BCUT2D eigenvalue weighted by Gasteiger charge is -2.10. The van der Waals surface area contributed by atoms with Crippen molar-refractivity contribution in [2.75, 3.05) is 5.73 Å². The van der Waals surface area contributed by atoms with Crippen molar-refractivity contribution in [3.8, 4) is 17.1 Å². The number of aromatic nitrogens is 4. The number of halogens is 1. The Kier molecular flexibility index (Phi) is 3.35. The number of tetrazole rings is 1. The van der Waals surface area contributed by atoms with Gasteiger partial charge < -0.3 is 5.73 Å². The van der Waals surface area contributed by atoms with E-state index in [9.17, 15) is 0 Å². The molecule has 0 atom stereocenters. The van der Waals surface area contributed by atoms with Crippen LogP contribution in [-0.4, -0.2) is 20.2 Å². The summed E-state index contributed by atoms with van der Waals surface area (Å²) < 4.78 is 1.68. The highest BCUT2D eigenvalue weighted by molar-refractivity contribution is 6.35. The molecule has 0 amide bonds. The van der Waals surface area contributed by atoms with Gasteiger partial charge in [-0.3, -0.25) is 0 Å². The molecule has 0 radical (unpaired) electrons. The van der Waals surface area contributed by atoms with Crippen LogP contribution in [0.3, 0.4) is 0 Å². The molecule has 0 aliphatic rings. The first kappa shape index (κ1) is 13.6. The van der Waals surface area contributed by atoms with E-state index >= 15 is 0 Å². The maximum Gasteiger partial charge on any atom is 0.188 e. The Labute approximate surface area is 127 Å². The smallest absolute Gasteiger partial charge is 0.188 e. The molecule has 0 unspecified atom stereocenters. The van der Waals surface area contributed by atoms with E-state index in [0.717, 1.165) is 16.8 Å². The molecular weight excluding hydrogens is 286 g/mol. The van der Waals surface area contributed by atoms with Gasteiger partial charge in [-0.25, -0.2) is 0 Å². The Hall–Kier alpha value is -2.40. The van der Waals surface area contributed by atoms with Crippen molar-refractivity contribution in [2.24, 2.45) is 0 Å². The fourth-order valence-corrected chi connectivity index (χ4v) is 2.40. The SMILES string of the molecule is Cc1ccc(C)c(-n2nnnc2-c2cccc(N)c2Cl)c1. The topological polar surface area (TPSA) is 69.6 Å².